The molecule has 0 aromatic heterocycles. The third-order valence-electron chi connectivity index (χ3n) is 2.35. The third-order valence-corrected chi connectivity index (χ3v) is 3.29. The molecule has 96 valence electrons. The highest BCUT2D eigenvalue weighted by atomic mass is 127. The van der Waals surface area contributed by atoms with E-state index in [1.165, 1.54) is 24.3 Å². The minimum atomic E-state index is -0.508. The Morgan fingerprint density at radius 2 is 1.74 bits per heavy atom. The van der Waals surface area contributed by atoms with Crippen LogP contribution in [0.25, 0.3) is 0 Å². The van der Waals surface area contributed by atoms with E-state index in [0.717, 1.165) is 3.57 Å². The Labute approximate surface area is 122 Å². The van der Waals surface area contributed by atoms with Crippen LogP contribution in [0.1, 0.15) is 10.4 Å². The fourth-order valence-corrected chi connectivity index (χ4v) is 2.03. The molecule has 0 unspecified atom stereocenters. The van der Waals surface area contributed by atoms with Gasteiger partial charge in [0, 0.05) is 15.7 Å². The summed E-state index contributed by atoms with van der Waals surface area (Å²) in [6, 6.07) is 12.4. The predicted octanol–water partition coefficient (Wildman–Crippen LogP) is 3.42. The maximum Gasteiger partial charge on any atom is 0.344 e. The van der Waals surface area contributed by atoms with Crippen LogP contribution in [0.5, 0.6) is 5.75 Å². The van der Waals surface area contributed by atoms with Crippen molar-refractivity contribution in [3.05, 3.63) is 67.8 Å². The van der Waals surface area contributed by atoms with Crippen molar-refractivity contribution in [2.75, 3.05) is 0 Å². The van der Waals surface area contributed by atoms with E-state index in [0.29, 0.717) is 5.56 Å². The Hall–Kier alpha value is -1.96. The van der Waals surface area contributed by atoms with Crippen molar-refractivity contribution in [2.45, 2.75) is 0 Å². The molecule has 0 saturated carbocycles. The van der Waals surface area contributed by atoms with Crippen molar-refractivity contribution in [3.63, 3.8) is 0 Å². The standard InChI is InChI=1S/C13H8INO4/c14-12-4-2-1-3-11(12)13(16)19-10-7-5-9(6-8-10)15(17)18/h1-8H. The van der Waals surface area contributed by atoms with Gasteiger partial charge in [0.25, 0.3) is 5.69 Å². The van der Waals surface area contributed by atoms with Crippen molar-refractivity contribution in [2.24, 2.45) is 0 Å². The molecule has 0 N–H and O–H groups in total. The van der Waals surface area contributed by atoms with E-state index in [2.05, 4.69) is 0 Å². The van der Waals surface area contributed by atoms with E-state index in [1.54, 1.807) is 18.2 Å². The van der Waals surface area contributed by atoms with Crippen LogP contribution in [0.3, 0.4) is 0 Å². The number of halogens is 1. The fourth-order valence-electron chi connectivity index (χ4n) is 1.42. The lowest BCUT2D eigenvalue weighted by atomic mass is 10.2. The molecule has 0 bridgehead atoms. The van der Waals surface area contributed by atoms with Gasteiger partial charge in [0.05, 0.1) is 10.5 Å². The van der Waals surface area contributed by atoms with Gasteiger partial charge >= 0.3 is 5.97 Å². The SMILES string of the molecule is O=C(Oc1ccc([N+](=O)[O-])cc1)c1ccccc1I. The molecule has 19 heavy (non-hydrogen) atoms. The second-order valence-corrected chi connectivity index (χ2v) is 4.78. The number of non-ortho nitro benzene ring substituents is 1. The first-order valence-corrected chi connectivity index (χ1v) is 6.37. The zero-order valence-corrected chi connectivity index (χ0v) is 11.7. The number of hydrogen-bond donors (Lipinski definition) is 0. The lowest BCUT2D eigenvalue weighted by molar-refractivity contribution is -0.384. The average molecular weight is 369 g/mol. The normalized spacial score (nSPS) is 9.95. The number of rotatable bonds is 3. The van der Waals surface area contributed by atoms with E-state index in [4.69, 9.17) is 4.74 Å². The highest BCUT2D eigenvalue weighted by molar-refractivity contribution is 14.1. The van der Waals surface area contributed by atoms with Gasteiger partial charge in [-0.3, -0.25) is 10.1 Å². The Balaban J connectivity index is 2.15. The average Bonchev–Trinajstić information content (AvgIpc) is 2.39. The predicted molar refractivity (Wildman–Crippen MR) is 77.2 cm³/mol. The number of esters is 1. The first-order valence-electron chi connectivity index (χ1n) is 5.29. The molecule has 2 aromatic carbocycles. The summed E-state index contributed by atoms with van der Waals surface area (Å²) in [5.41, 5.74) is 0.413. The molecule has 0 spiro atoms. The molecule has 0 radical (unpaired) electrons. The monoisotopic (exact) mass is 369 g/mol. The maximum absolute atomic E-state index is 11.9. The quantitative estimate of drug-likeness (QED) is 0.273. The summed E-state index contributed by atoms with van der Waals surface area (Å²) in [5, 5.41) is 10.5. The van der Waals surface area contributed by atoms with E-state index in [-0.39, 0.29) is 11.4 Å². The van der Waals surface area contributed by atoms with Crippen LogP contribution in [-0.2, 0) is 0 Å². The molecular formula is C13H8INO4. The molecule has 0 aliphatic rings. The molecule has 6 heteroatoms. The summed E-state index contributed by atoms with van der Waals surface area (Å²) in [5.74, 6) is -0.214. The summed E-state index contributed by atoms with van der Waals surface area (Å²) >= 11 is 2.04. The van der Waals surface area contributed by atoms with Crippen LogP contribution in [0, 0.1) is 13.7 Å². The third kappa shape index (κ3) is 3.28. The molecule has 2 aromatic rings. The van der Waals surface area contributed by atoms with Crippen molar-refractivity contribution < 1.29 is 14.5 Å². The van der Waals surface area contributed by atoms with Gasteiger partial charge in [-0.1, -0.05) is 12.1 Å². The molecule has 0 saturated heterocycles. The Kier molecular flexibility index (Phi) is 4.10. The van der Waals surface area contributed by atoms with Gasteiger partial charge in [0.1, 0.15) is 5.75 Å². The van der Waals surface area contributed by atoms with Crippen LogP contribution >= 0.6 is 22.6 Å². The van der Waals surface area contributed by atoms with Gasteiger partial charge in [-0.25, -0.2) is 4.79 Å². The Morgan fingerprint density at radius 3 is 2.32 bits per heavy atom. The number of nitro benzene ring substituents is 1. The van der Waals surface area contributed by atoms with Crippen molar-refractivity contribution in [1.82, 2.24) is 0 Å². The summed E-state index contributed by atoms with van der Waals surface area (Å²) in [6.45, 7) is 0. The minimum Gasteiger partial charge on any atom is -0.423 e. The number of benzene rings is 2. The van der Waals surface area contributed by atoms with E-state index in [9.17, 15) is 14.9 Å². The van der Waals surface area contributed by atoms with Crippen LogP contribution in [0.2, 0.25) is 0 Å². The second kappa shape index (κ2) is 5.79. The zero-order chi connectivity index (χ0) is 13.8. The van der Waals surface area contributed by atoms with Gasteiger partial charge in [-0.15, -0.1) is 0 Å². The van der Waals surface area contributed by atoms with Crippen LogP contribution in [-0.4, -0.2) is 10.9 Å². The summed E-state index contributed by atoms with van der Waals surface area (Å²) in [4.78, 5) is 21.9. The van der Waals surface area contributed by atoms with Crippen LogP contribution in [0.4, 0.5) is 5.69 Å². The molecule has 2 rings (SSSR count). The van der Waals surface area contributed by atoms with Gasteiger partial charge in [0.15, 0.2) is 0 Å². The molecule has 0 heterocycles. The van der Waals surface area contributed by atoms with Crippen LogP contribution in [0.15, 0.2) is 48.5 Å². The number of ether oxygens (including phenoxy) is 1. The number of carbonyl (C=O) groups excluding carboxylic acids is 1. The van der Waals surface area contributed by atoms with E-state index >= 15 is 0 Å². The molecule has 0 atom stereocenters. The number of hydrogen-bond acceptors (Lipinski definition) is 4. The van der Waals surface area contributed by atoms with Gasteiger partial charge < -0.3 is 4.74 Å². The summed E-state index contributed by atoms with van der Waals surface area (Å²) in [7, 11) is 0. The number of nitrogens with zero attached hydrogens (tertiary/aromatic N) is 1. The maximum atomic E-state index is 11.9. The highest BCUT2D eigenvalue weighted by Gasteiger charge is 2.12. The molecule has 0 aliphatic heterocycles. The second-order valence-electron chi connectivity index (χ2n) is 3.62. The molecule has 0 amide bonds. The van der Waals surface area contributed by atoms with Gasteiger partial charge in [-0.05, 0) is 46.9 Å². The minimum absolute atomic E-state index is 0.0471. The number of nitro groups is 1. The van der Waals surface area contributed by atoms with Crippen LogP contribution < -0.4 is 4.74 Å². The first-order chi connectivity index (χ1) is 9.08. The fraction of sp³-hybridized carbons (Fsp3) is 0. The Bertz CT molecular complexity index is 625. The lowest BCUT2D eigenvalue weighted by Gasteiger charge is -2.05. The highest BCUT2D eigenvalue weighted by Crippen LogP contribution is 2.19. The summed E-state index contributed by atoms with van der Waals surface area (Å²) < 4.78 is 5.93. The number of carbonyl (C=O) groups is 1. The summed E-state index contributed by atoms with van der Waals surface area (Å²) in [6.07, 6.45) is 0. The molecular weight excluding hydrogens is 361 g/mol. The smallest absolute Gasteiger partial charge is 0.344 e. The van der Waals surface area contributed by atoms with Crippen molar-refractivity contribution in [1.29, 1.82) is 0 Å². The largest absolute Gasteiger partial charge is 0.423 e. The van der Waals surface area contributed by atoms with Crippen molar-refractivity contribution in [3.8, 4) is 5.75 Å². The van der Waals surface area contributed by atoms with Gasteiger partial charge in [0.2, 0.25) is 0 Å². The lowest BCUT2D eigenvalue weighted by Crippen LogP contribution is -2.10. The van der Waals surface area contributed by atoms with E-state index in [1.807, 2.05) is 28.7 Å². The molecule has 5 nitrogen and oxygen atoms in total. The zero-order valence-electron chi connectivity index (χ0n) is 9.58. The van der Waals surface area contributed by atoms with E-state index < -0.39 is 10.9 Å². The first kappa shape index (κ1) is 13.5. The molecule has 0 fully saturated rings. The van der Waals surface area contributed by atoms with Crippen molar-refractivity contribution >= 4 is 34.2 Å². The topological polar surface area (TPSA) is 69.4 Å². The Morgan fingerprint density at radius 1 is 1.11 bits per heavy atom. The van der Waals surface area contributed by atoms with Gasteiger partial charge in [-0.2, -0.15) is 0 Å². The molecule has 0 aliphatic carbocycles.